The molecule has 1 aromatic carbocycles. The van der Waals surface area contributed by atoms with Crippen molar-refractivity contribution in [2.45, 2.75) is 33.2 Å². The molecule has 0 aliphatic carbocycles. The summed E-state index contributed by atoms with van der Waals surface area (Å²) in [6.07, 6.45) is 2.48. The molecule has 0 amide bonds. The van der Waals surface area contributed by atoms with Crippen molar-refractivity contribution in [3.63, 3.8) is 0 Å². The van der Waals surface area contributed by atoms with Gasteiger partial charge in [-0.15, -0.1) is 0 Å². The highest BCUT2D eigenvalue weighted by Crippen LogP contribution is 2.33. The molecule has 1 aliphatic rings. The van der Waals surface area contributed by atoms with Gasteiger partial charge in [0.25, 0.3) is 0 Å². The van der Waals surface area contributed by atoms with E-state index in [0.29, 0.717) is 6.61 Å². The van der Waals surface area contributed by atoms with Crippen molar-refractivity contribution in [1.29, 1.82) is 0 Å². The number of ether oxygens (including phenoxy) is 1. The molecular formula is C18H24N2O2S. The molecule has 1 fully saturated rings. The van der Waals surface area contributed by atoms with Gasteiger partial charge in [0.1, 0.15) is 5.75 Å². The molecule has 5 heteroatoms. The first-order valence-electron chi connectivity index (χ1n) is 8.34. The molecule has 1 N–H and O–H groups in total. The van der Waals surface area contributed by atoms with Crippen LogP contribution in [0.25, 0.3) is 11.3 Å². The predicted molar refractivity (Wildman–Crippen MR) is 95.2 cm³/mol. The fraction of sp³-hybridized carbons (Fsp3) is 0.500. The molecule has 1 aliphatic heterocycles. The largest absolute Gasteiger partial charge is 0.493 e. The molecule has 0 saturated carbocycles. The smallest absolute Gasteiger partial charge is 0.305 e. The van der Waals surface area contributed by atoms with Gasteiger partial charge in [-0.2, -0.15) is 0 Å². The number of piperidine rings is 1. The van der Waals surface area contributed by atoms with Gasteiger partial charge in [-0.3, -0.25) is 9.69 Å². The van der Waals surface area contributed by atoms with Gasteiger partial charge >= 0.3 is 4.87 Å². The van der Waals surface area contributed by atoms with Gasteiger partial charge in [0.05, 0.1) is 12.3 Å². The topological polar surface area (TPSA) is 45.3 Å². The van der Waals surface area contributed by atoms with Gasteiger partial charge in [-0.05, 0) is 50.9 Å². The summed E-state index contributed by atoms with van der Waals surface area (Å²) < 4.78 is 5.73. The first-order chi connectivity index (χ1) is 11.2. The maximum atomic E-state index is 12.0. The van der Waals surface area contributed by atoms with E-state index in [0.717, 1.165) is 47.4 Å². The Bertz CT molecular complexity index is 699. The molecule has 3 rings (SSSR count). The fourth-order valence-electron chi connectivity index (χ4n) is 3.07. The lowest BCUT2D eigenvalue weighted by Gasteiger charge is -2.29. The first-order valence-corrected chi connectivity index (χ1v) is 9.15. The number of nitrogens with one attached hydrogen (secondary N) is 1. The summed E-state index contributed by atoms with van der Waals surface area (Å²) in [5.74, 6) is 1.65. The molecule has 0 radical (unpaired) electrons. The number of likely N-dealkylation sites (tertiary alicyclic amines) is 1. The van der Waals surface area contributed by atoms with Crippen LogP contribution in [0.4, 0.5) is 0 Å². The zero-order chi connectivity index (χ0) is 16.2. The average molecular weight is 332 g/mol. The molecule has 2 aromatic rings. The van der Waals surface area contributed by atoms with Crippen LogP contribution in [0.5, 0.6) is 5.75 Å². The van der Waals surface area contributed by atoms with Gasteiger partial charge in [-0.25, -0.2) is 0 Å². The van der Waals surface area contributed by atoms with Crippen LogP contribution in [0.15, 0.2) is 29.1 Å². The number of benzene rings is 1. The second-order valence-corrected chi connectivity index (χ2v) is 7.27. The van der Waals surface area contributed by atoms with E-state index in [-0.39, 0.29) is 4.87 Å². The molecule has 0 unspecified atom stereocenters. The SMILES string of the molecule is CCOc1ccccc1-c1[nH]c(=O)sc1CN1CCC(C)CC1. The Hall–Kier alpha value is -1.59. The lowest BCUT2D eigenvalue weighted by atomic mass is 9.99. The number of aromatic nitrogens is 1. The summed E-state index contributed by atoms with van der Waals surface area (Å²) >= 11 is 1.32. The fourth-order valence-corrected chi connectivity index (χ4v) is 3.95. The highest BCUT2D eigenvalue weighted by Gasteiger charge is 2.20. The van der Waals surface area contributed by atoms with Crippen LogP contribution in [-0.4, -0.2) is 29.6 Å². The predicted octanol–water partition coefficient (Wildman–Crippen LogP) is 3.73. The second kappa shape index (κ2) is 7.32. The maximum absolute atomic E-state index is 12.0. The molecule has 1 saturated heterocycles. The van der Waals surface area contributed by atoms with E-state index in [4.69, 9.17) is 4.74 Å². The lowest BCUT2D eigenvalue weighted by Crippen LogP contribution is -2.32. The number of H-pyrrole nitrogens is 1. The van der Waals surface area contributed by atoms with Crippen LogP contribution in [-0.2, 0) is 6.54 Å². The maximum Gasteiger partial charge on any atom is 0.305 e. The van der Waals surface area contributed by atoms with Crippen LogP contribution in [0.1, 0.15) is 31.6 Å². The molecule has 124 valence electrons. The van der Waals surface area contributed by atoms with E-state index in [1.807, 2.05) is 31.2 Å². The van der Waals surface area contributed by atoms with Crippen molar-refractivity contribution in [2.24, 2.45) is 5.92 Å². The third kappa shape index (κ3) is 3.85. The van der Waals surface area contributed by atoms with Crippen molar-refractivity contribution in [3.05, 3.63) is 38.8 Å². The van der Waals surface area contributed by atoms with Gasteiger partial charge in [-0.1, -0.05) is 30.4 Å². The summed E-state index contributed by atoms with van der Waals surface area (Å²) in [5, 5.41) is 0. The number of nitrogens with zero attached hydrogens (tertiary/aromatic N) is 1. The minimum atomic E-state index is 0.00618. The third-order valence-corrected chi connectivity index (χ3v) is 5.29. The van der Waals surface area contributed by atoms with Gasteiger partial charge in [0.2, 0.25) is 0 Å². The van der Waals surface area contributed by atoms with E-state index < -0.39 is 0 Å². The molecule has 0 spiro atoms. The van der Waals surface area contributed by atoms with E-state index in [2.05, 4.69) is 16.8 Å². The second-order valence-electron chi connectivity index (χ2n) is 6.20. The summed E-state index contributed by atoms with van der Waals surface area (Å²) in [6.45, 7) is 7.97. The van der Waals surface area contributed by atoms with Gasteiger partial charge in [0, 0.05) is 17.0 Å². The molecule has 23 heavy (non-hydrogen) atoms. The van der Waals surface area contributed by atoms with Crippen LogP contribution in [0.2, 0.25) is 0 Å². The Kier molecular flexibility index (Phi) is 5.18. The number of thiazole rings is 1. The Morgan fingerprint density at radius 2 is 2.04 bits per heavy atom. The number of hydrogen-bond acceptors (Lipinski definition) is 4. The van der Waals surface area contributed by atoms with E-state index in [1.165, 1.54) is 24.2 Å². The molecule has 4 nitrogen and oxygen atoms in total. The average Bonchev–Trinajstić information content (AvgIpc) is 2.91. The Morgan fingerprint density at radius 3 is 2.78 bits per heavy atom. The van der Waals surface area contributed by atoms with Crippen LogP contribution in [0.3, 0.4) is 0 Å². The first kappa shape index (κ1) is 16.3. The minimum Gasteiger partial charge on any atom is -0.493 e. The number of aromatic amines is 1. The number of hydrogen-bond donors (Lipinski definition) is 1. The summed E-state index contributed by atoms with van der Waals surface area (Å²) in [5.41, 5.74) is 1.90. The Labute approximate surface area is 141 Å². The van der Waals surface area contributed by atoms with Crippen molar-refractivity contribution in [1.82, 2.24) is 9.88 Å². The monoisotopic (exact) mass is 332 g/mol. The Morgan fingerprint density at radius 1 is 1.30 bits per heavy atom. The van der Waals surface area contributed by atoms with Gasteiger partial charge in [0.15, 0.2) is 0 Å². The van der Waals surface area contributed by atoms with E-state index >= 15 is 0 Å². The molecule has 1 aromatic heterocycles. The van der Waals surface area contributed by atoms with E-state index in [9.17, 15) is 4.79 Å². The summed E-state index contributed by atoms with van der Waals surface area (Å²) in [4.78, 5) is 18.5. The molecular weight excluding hydrogens is 308 g/mol. The quantitative estimate of drug-likeness (QED) is 0.907. The minimum absolute atomic E-state index is 0.00618. The third-order valence-electron chi connectivity index (χ3n) is 4.42. The van der Waals surface area contributed by atoms with Gasteiger partial charge < -0.3 is 9.72 Å². The molecule has 2 heterocycles. The highest BCUT2D eigenvalue weighted by molar-refractivity contribution is 7.09. The van der Waals surface area contributed by atoms with Crippen molar-refractivity contribution < 1.29 is 4.74 Å². The zero-order valence-electron chi connectivity index (χ0n) is 13.8. The normalized spacial score (nSPS) is 16.6. The standard InChI is InChI=1S/C18H24N2O2S/c1-3-22-15-7-5-4-6-14(15)17-16(23-18(21)19-17)12-20-10-8-13(2)9-11-20/h4-7,13H,3,8-12H2,1-2H3,(H,19,21). The number of para-hydroxylation sites is 1. The molecule has 0 bridgehead atoms. The Balaban J connectivity index is 1.88. The number of rotatable bonds is 5. The van der Waals surface area contributed by atoms with E-state index in [1.54, 1.807) is 0 Å². The van der Waals surface area contributed by atoms with Crippen molar-refractivity contribution in [2.75, 3.05) is 19.7 Å². The summed E-state index contributed by atoms with van der Waals surface area (Å²) in [6, 6.07) is 7.93. The zero-order valence-corrected chi connectivity index (χ0v) is 14.6. The van der Waals surface area contributed by atoms with Crippen LogP contribution < -0.4 is 9.61 Å². The summed E-state index contributed by atoms with van der Waals surface area (Å²) in [7, 11) is 0. The molecule has 0 atom stereocenters. The van der Waals surface area contributed by atoms with Crippen LogP contribution >= 0.6 is 11.3 Å². The van der Waals surface area contributed by atoms with Crippen molar-refractivity contribution in [3.8, 4) is 17.0 Å². The van der Waals surface area contributed by atoms with Crippen molar-refractivity contribution >= 4 is 11.3 Å². The van der Waals surface area contributed by atoms with Crippen LogP contribution in [0, 0.1) is 5.92 Å². The highest BCUT2D eigenvalue weighted by atomic mass is 32.1. The lowest BCUT2D eigenvalue weighted by molar-refractivity contribution is 0.187.